The smallest absolute Gasteiger partial charge is 0.305 e. The van der Waals surface area contributed by atoms with Gasteiger partial charge in [-0.05, 0) is 54.7 Å². The fourth-order valence-corrected chi connectivity index (χ4v) is 2.85. The minimum absolute atomic E-state index is 0.176. The standard InChI is InChI=1S/C23H30N2O4/c1-28-22(26)5-3-15-24-20-11-7-18(8-12-20)17-19-9-13-21(14-10-19)25-16-4-6-23(27)29-2/h7-14,24-25H,3-6,15-17H2,1-2H3. The lowest BCUT2D eigenvalue weighted by molar-refractivity contribution is -0.141. The molecule has 2 rings (SSSR count). The molecule has 0 saturated heterocycles. The lowest BCUT2D eigenvalue weighted by Gasteiger charge is -2.09. The number of rotatable bonds is 12. The number of methoxy groups -OCH3 is 2. The zero-order chi connectivity index (χ0) is 20.9. The van der Waals surface area contributed by atoms with E-state index in [1.54, 1.807) is 0 Å². The van der Waals surface area contributed by atoms with Gasteiger partial charge in [0.1, 0.15) is 0 Å². The molecule has 0 atom stereocenters. The Bertz CT molecular complexity index is 692. The lowest BCUT2D eigenvalue weighted by atomic mass is 10.0. The topological polar surface area (TPSA) is 76.7 Å². The maximum atomic E-state index is 11.1. The molecular weight excluding hydrogens is 368 g/mol. The SMILES string of the molecule is COC(=O)CCCNc1ccc(Cc2ccc(NCCCC(=O)OC)cc2)cc1. The molecule has 29 heavy (non-hydrogen) atoms. The molecule has 0 unspecified atom stereocenters. The van der Waals surface area contributed by atoms with E-state index in [4.69, 9.17) is 0 Å². The summed E-state index contributed by atoms with van der Waals surface area (Å²) in [5, 5.41) is 6.63. The molecule has 0 fully saturated rings. The largest absolute Gasteiger partial charge is 0.469 e. The molecule has 0 amide bonds. The number of hydrogen-bond acceptors (Lipinski definition) is 6. The summed E-state index contributed by atoms with van der Waals surface area (Å²) in [6, 6.07) is 16.7. The van der Waals surface area contributed by atoms with Gasteiger partial charge in [0.25, 0.3) is 0 Å². The Hall–Kier alpha value is -3.02. The molecule has 0 spiro atoms. The molecule has 0 aliphatic rings. The molecular formula is C23H30N2O4. The summed E-state index contributed by atoms with van der Waals surface area (Å²) in [5.41, 5.74) is 4.57. The van der Waals surface area contributed by atoms with Gasteiger partial charge in [0.15, 0.2) is 0 Å². The fraction of sp³-hybridized carbons (Fsp3) is 0.391. The highest BCUT2D eigenvalue weighted by Crippen LogP contribution is 2.16. The number of nitrogens with one attached hydrogen (secondary N) is 2. The van der Waals surface area contributed by atoms with Crippen LogP contribution in [0.5, 0.6) is 0 Å². The van der Waals surface area contributed by atoms with Crippen LogP contribution in [-0.2, 0) is 25.5 Å². The molecule has 0 saturated carbocycles. The zero-order valence-corrected chi connectivity index (χ0v) is 17.2. The Morgan fingerprint density at radius 2 is 1.07 bits per heavy atom. The Morgan fingerprint density at radius 3 is 1.41 bits per heavy atom. The monoisotopic (exact) mass is 398 g/mol. The van der Waals surface area contributed by atoms with Gasteiger partial charge < -0.3 is 20.1 Å². The van der Waals surface area contributed by atoms with Crippen molar-refractivity contribution in [2.24, 2.45) is 0 Å². The van der Waals surface area contributed by atoms with E-state index in [0.29, 0.717) is 12.8 Å². The van der Waals surface area contributed by atoms with Crippen molar-refractivity contribution in [3.63, 3.8) is 0 Å². The van der Waals surface area contributed by atoms with E-state index in [0.717, 1.165) is 43.7 Å². The van der Waals surface area contributed by atoms with Crippen LogP contribution in [0.25, 0.3) is 0 Å². The highest BCUT2D eigenvalue weighted by atomic mass is 16.5. The molecule has 6 nitrogen and oxygen atoms in total. The highest BCUT2D eigenvalue weighted by molar-refractivity contribution is 5.69. The second-order valence-corrected chi connectivity index (χ2v) is 6.78. The molecule has 0 heterocycles. The molecule has 2 aromatic rings. The van der Waals surface area contributed by atoms with Gasteiger partial charge >= 0.3 is 11.9 Å². The molecule has 2 N–H and O–H groups in total. The summed E-state index contributed by atoms with van der Waals surface area (Å²) in [6.45, 7) is 1.48. The van der Waals surface area contributed by atoms with Gasteiger partial charge in [-0.25, -0.2) is 0 Å². The Kier molecular flexibility index (Phi) is 9.55. The van der Waals surface area contributed by atoms with Crippen molar-refractivity contribution >= 4 is 23.3 Å². The second-order valence-electron chi connectivity index (χ2n) is 6.78. The van der Waals surface area contributed by atoms with Crippen molar-refractivity contribution in [2.45, 2.75) is 32.1 Å². The molecule has 0 aliphatic heterocycles. The van der Waals surface area contributed by atoms with Gasteiger partial charge in [0, 0.05) is 37.3 Å². The van der Waals surface area contributed by atoms with Crippen molar-refractivity contribution < 1.29 is 19.1 Å². The first kappa shape index (κ1) is 22.3. The number of esters is 2. The molecule has 2 aromatic carbocycles. The van der Waals surface area contributed by atoms with Crippen LogP contribution in [-0.4, -0.2) is 39.2 Å². The van der Waals surface area contributed by atoms with Crippen molar-refractivity contribution in [3.8, 4) is 0 Å². The lowest BCUT2D eigenvalue weighted by Crippen LogP contribution is -2.06. The summed E-state index contributed by atoms with van der Waals surface area (Å²) in [6.07, 6.45) is 3.22. The van der Waals surface area contributed by atoms with Gasteiger partial charge in [-0.1, -0.05) is 24.3 Å². The molecule has 0 radical (unpaired) electrons. The van der Waals surface area contributed by atoms with Crippen LogP contribution in [0.3, 0.4) is 0 Å². The van der Waals surface area contributed by atoms with E-state index in [2.05, 4.69) is 68.6 Å². The van der Waals surface area contributed by atoms with E-state index in [9.17, 15) is 9.59 Å². The van der Waals surface area contributed by atoms with E-state index < -0.39 is 0 Å². The average Bonchev–Trinajstić information content (AvgIpc) is 2.76. The minimum Gasteiger partial charge on any atom is -0.469 e. The van der Waals surface area contributed by atoms with E-state index in [-0.39, 0.29) is 11.9 Å². The highest BCUT2D eigenvalue weighted by Gasteiger charge is 2.02. The normalized spacial score (nSPS) is 10.3. The number of hydrogen-bond donors (Lipinski definition) is 2. The quantitative estimate of drug-likeness (QED) is 0.416. The summed E-state index contributed by atoms with van der Waals surface area (Å²) in [5.74, 6) is -0.353. The van der Waals surface area contributed by atoms with E-state index >= 15 is 0 Å². The first-order valence-corrected chi connectivity index (χ1v) is 9.90. The predicted octanol–water partition coefficient (Wildman–Crippen LogP) is 4.01. The second kappa shape index (κ2) is 12.4. The first-order chi connectivity index (χ1) is 14.1. The Labute approximate surface area is 172 Å². The molecule has 6 heteroatoms. The third-order valence-electron chi connectivity index (χ3n) is 4.55. The molecule has 0 bridgehead atoms. The van der Waals surface area contributed by atoms with Gasteiger partial charge in [-0.2, -0.15) is 0 Å². The van der Waals surface area contributed by atoms with E-state index in [1.807, 2.05) is 0 Å². The van der Waals surface area contributed by atoms with Crippen molar-refractivity contribution in [3.05, 3.63) is 59.7 Å². The maximum absolute atomic E-state index is 11.1. The first-order valence-electron chi connectivity index (χ1n) is 9.90. The number of benzene rings is 2. The van der Waals surface area contributed by atoms with Crippen LogP contribution in [0.15, 0.2) is 48.5 Å². The summed E-state index contributed by atoms with van der Waals surface area (Å²) >= 11 is 0. The average molecular weight is 399 g/mol. The van der Waals surface area contributed by atoms with Crippen LogP contribution in [0.2, 0.25) is 0 Å². The number of ether oxygens (including phenoxy) is 2. The van der Waals surface area contributed by atoms with Gasteiger partial charge in [0.2, 0.25) is 0 Å². The minimum atomic E-state index is -0.176. The Morgan fingerprint density at radius 1 is 0.690 bits per heavy atom. The number of carbonyl (C=O) groups is 2. The van der Waals surface area contributed by atoms with Crippen molar-refractivity contribution in [1.82, 2.24) is 0 Å². The van der Waals surface area contributed by atoms with Crippen LogP contribution in [0, 0.1) is 0 Å². The van der Waals surface area contributed by atoms with E-state index in [1.165, 1.54) is 25.3 Å². The van der Waals surface area contributed by atoms with Gasteiger partial charge in [-0.3, -0.25) is 9.59 Å². The number of carbonyl (C=O) groups excluding carboxylic acids is 2. The molecule has 156 valence electrons. The number of anilines is 2. The fourth-order valence-electron chi connectivity index (χ4n) is 2.85. The molecule has 0 aliphatic carbocycles. The molecule has 0 aromatic heterocycles. The third-order valence-corrected chi connectivity index (χ3v) is 4.55. The van der Waals surface area contributed by atoms with Crippen LogP contribution in [0.4, 0.5) is 11.4 Å². The summed E-state index contributed by atoms with van der Waals surface area (Å²) in [7, 11) is 2.82. The maximum Gasteiger partial charge on any atom is 0.305 e. The Balaban J connectivity index is 1.72. The van der Waals surface area contributed by atoms with Crippen LogP contribution in [0.1, 0.15) is 36.8 Å². The van der Waals surface area contributed by atoms with Crippen molar-refractivity contribution in [2.75, 3.05) is 37.9 Å². The summed E-state index contributed by atoms with van der Waals surface area (Å²) in [4.78, 5) is 22.2. The van der Waals surface area contributed by atoms with Gasteiger partial charge in [0.05, 0.1) is 14.2 Å². The zero-order valence-electron chi connectivity index (χ0n) is 17.2. The predicted molar refractivity (Wildman–Crippen MR) is 115 cm³/mol. The summed E-state index contributed by atoms with van der Waals surface area (Å²) < 4.78 is 9.26. The van der Waals surface area contributed by atoms with Crippen LogP contribution >= 0.6 is 0 Å². The van der Waals surface area contributed by atoms with Gasteiger partial charge in [-0.15, -0.1) is 0 Å². The third kappa shape index (κ3) is 8.68. The van der Waals surface area contributed by atoms with Crippen LogP contribution < -0.4 is 10.6 Å². The van der Waals surface area contributed by atoms with Crippen molar-refractivity contribution in [1.29, 1.82) is 0 Å².